The highest BCUT2D eigenvalue weighted by Crippen LogP contribution is 2.13. The molecule has 0 radical (unpaired) electrons. The SMILES string of the molecule is O=C(O)C(F)(F)F.O=c1ccnc[nH]1.O=c1ccnc[nH]1. The molecule has 0 spiro atoms. The number of aromatic nitrogens is 4. The maximum Gasteiger partial charge on any atom is 0.490 e. The van der Waals surface area contributed by atoms with Crippen LogP contribution in [0.5, 0.6) is 0 Å². The smallest absolute Gasteiger partial charge is 0.475 e. The summed E-state index contributed by atoms with van der Waals surface area (Å²) >= 11 is 0. The first kappa shape index (κ1) is 18.0. The Balaban J connectivity index is 0.000000286. The molecule has 0 saturated carbocycles. The Morgan fingerprint density at radius 2 is 1.33 bits per heavy atom. The molecular weight excluding hydrogens is 297 g/mol. The van der Waals surface area contributed by atoms with Crippen molar-refractivity contribution in [3.05, 3.63) is 57.9 Å². The molecule has 2 rings (SSSR count). The second-order valence-corrected chi connectivity index (χ2v) is 3.01. The third-order valence-corrected chi connectivity index (χ3v) is 1.43. The lowest BCUT2D eigenvalue weighted by Crippen LogP contribution is -2.21. The number of rotatable bonds is 0. The molecule has 0 aliphatic heterocycles. The molecule has 8 nitrogen and oxygen atoms in total. The monoisotopic (exact) mass is 306 g/mol. The molecule has 0 amide bonds. The number of hydrogen-bond donors (Lipinski definition) is 3. The van der Waals surface area contributed by atoms with Crippen LogP contribution in [0, 0.1) is 0 Å². The molecule has 114 valence electrons. The lowest BCUT2D eigenvalue weighted by atomic mass is 10.7. The van der Waals surface area contributed by atoms with E-state index in [9.17, 15) is 22.8 Å². The predicted octanol–water partition coefficient (Wildman–Crippen LogP) is 0.173. The minimum atomic E-state index is -5.08. The van der Waals surface area contributed by atoms with Crippen molar-refractivity contribution in [1.82, 2.24) is 19.9 Å². The molecule has 2 heterocycles. The summed E-state index contributed by atoms with van der Waals surface area (Å²) in [5.74, 6) is -2.76. The van der Waals surface area contributed by atoms with Crippen LogP contribution in [-0.2, 0) is 4.79 Å². The van der Waals surface area contributed by atoms with E-state index >= 15 is 0 Å². The maximum atomic E-state index is 10.6. The summed E-state index contributed by atoms with van der Waals surface area (Å²) in [6.07, 6.45) is 0.502. The van der Waals surface area contributed by atoms with Gasteiger partial charge in [0.05, 0.1) is 12.7 Å². The van der Waals surface area contributed by atoms with Crippen LogP contribution in [0.25, 0.3) is 0 Å². The first-order valence-electron chi connectivity index (χ1n) is 5.01. The maximum absolute atomic E-state index is 10.6. The van der Waals surface area contributed by atoms with Crippen molar-refractivity contribution >= 4 is 5.97 Å². The van der Waals surface area contributed by atoms with E-state index in [1.54, 1.807) is 0 Å². The molecular formula is C10H9F3N4O4. The van der Waals surface area contributed by atoms with Crippen LogP contribution in [0.3, 0.4) is 0 Å². The van der Waals surface area contributed by atoms with Crippen LogP contribution in [-0.4, -0.2) is 37.2 Å². The van der Waals surface area contributed by atoms with Gasteiger partial charge in [0.1, 0.15) is 0 Å². The number of nitrogens with zero attached hydrogens (tertiary/aromatic N) is 2. The highest BCUT2D eigenvalue weighted by molar-refractivity contribution is 5.73. The van der Waals surface area contributed by atoms with E-state index in [4.69, 9.17) is 9.90 Å². The summed E-state index contributed by atoms with van der Waals surface area (Å²) in [5, 5.41) is 7.12. The number of hydrogen-bond acceptors (Lipinski definition) is 5. The minimum Gasteiger partial charge on any atom is -0.475 e. The van der Waals surface area contributed by atoms with Crippen molar-refractivity contribution in [3.8, 4) is 0 Å². The van der Waals surface area contributed by atoms with Crippen LogP contribution >= 0.6 is 0 Å². The summed E-state index contributed by atoms with van der Waals surface area (Å²) in [5.41, 5.74) is -0.231. The van der Waals surface area contributed by atoms with E-state index in [1.165, 1.54) is 37.2 Å². The number of aromatic amines is 2. The van der Waals surface area contributed by atoms with Crippen molar-refractivity contribution < 1.29 is 23.1 Å². The zero-order valence-corrected chi connectivity index (χ0v) is 10.2. The number of alkyl halides is 3. The molecule has 3 N–H and O–H groups in total. The summed E-state index contributed by atoms with van der Waals surface area (Å²) in [6, 6.07) is 2.72. The summed E-state index contributed by atoms with van der Waals surface area (Å²) in [4.78, 5) is 41.2. The van der Waals surface area contributed by atoms with Crippen LogP contribution in [0.4, 0.5) is 13.2 Å². The second kappa shape index (κ2) is 9.01. The van der Waals surface area contributed by atoms with Gasteiger partial charge in [-0.15, -0.1) is 0 Å². The van der Waals surface area contributed by atoms with Gasteiger partial charge in [0.15, 0.2) is 0 Å². The van der Waals surface area contributed by atoms with Crippen molar-refractivity contribution in [3.63, 3.8) is 0 Å². The zero-order chi connectivity index (χ0) is 16.3. The third kappa shape index (κ3) is 10.6. The average Bonchev–Trinajstić information content (AvgIpc) is 2.41. The van der Waals surface area contributed by atoms with Gasteiger partial charge in [-0.2, -0.15) is 13.2 Å². The van der Waals surface area contributed by atoms with E-state index in [-0.39, 0.29) is 11.1 Å². The number of aliphatic carboxylic acids is 1. The molecule has 0 bridgehead atoms. The summed E-state index contributed by atoms with van der Waals surface area (Å²) in [6.45, 7) is 0. The Labute approximate surface area is 114 Å². The topological polar surface area (TPSA) is 129 Å². The molecule has 0 atom stereocenters. The van der Waals surface area contributed by atoms with Gasteiger partial charge in [0, 0.05) is 24.5 Å². The van der Waals surface area contributed by atoms with Crippen LogP contribution in [0.1, 0.15) is 0 Å². The Hall–Kier alpha value is -2.98. The molecule has 0 unspecified atom stereocenters. The Morgan fingerprint density at radius 1 is 1.00 bits per heavy atom. The molecule has 0 aliphatic rings. The fraction of sp³-hybridized carbons (Fsp3) is 0.100. The number of nitrogens with one attached hydrogen (secondary N) is 2. The quantitative estimate of drug-likeness (QED) is 0.636. The number of carboxylic acid groups (broad SMARTS) is 1. The molecule has 2 aromatic heterocycles. The molecule has 0 fully saturated rings. The van der Waals surface area contributed by atoms with Crippen molar-refractivity contribution in [2.24, 2.45) is 0 Å². The van der Waals surface area contributed by atoms with E-state index in [1.807, 2.05) is 0 Å². The summed E-state index contributed by atoms with van der Waals surface area (Å²) < 4.78 is 31.7. The van der Waals surface area contributed by atoms with E-state index in [0.717, 1.165) is 0 Å². The van der Waals surface area contributed by atoms with Gasteiger partial charge >= 0.3 is 12.1 Å². The minimum absolute atomic E-state index is 0.116. The highest BCUT2D eigenvalue weighted by atomic mass is 19.4. The lowest BCUT2D eigenvalue weighted by Gasteiger charge is -1.93. The van der Waals surface area contributed by atoms with Crippen molar-refractivity contribution in [2.45, 2.75) is 6.18 Å². The standard InChI is InChI=1S/2C4H4N2O.C2HF3O2/c2*7-4-1-2-5-3-6-4;3-2(4,5)1(6)7/h2*1-3H,(H,5,6,7);(H,6,7). The van der Waals surface area contributed by atoms with Gasteiger partial charge in [-0.1, -0.05) is 0 Å². The van der Waals surface area contributed by atoms with Crippen molar-refractivity contribution in [1.29, 1.82) is 0 Å². The van der Waals surface area contributed by atoms with E-state index < -0.39 is 12.1 Å². The van der Waals surface area contributed by atoms with Gasteiger partial charge in [0.2, 0.25) is 0 Å². The van der Waals surface area contributed by atoms with Gasteiger partial charge in [-0.05, 0) is 0 Å². The number of carbonyl (C=O) groups is 1. The Kier molecular flexibility index (Phi) is 7.73. The molecule has 0 saturated heterocycles. The van der Waals surface area contributed by atoms with Gasteiger partial charge in [-0.3, -0.25) is 9.59 Å². The molecule has 21 heavy (non-hydrogen) atoms. The Morgan fingerprint density at radius 3 is 1.43 bits per heavy atom. The molecule has 2 aromatic rings. The van der Waals surface area contributed by atoms with Crippen LogP contribution in [0.2, 0.25) is 0 Å². The largest absolute Gasteiger partial charge is 0.490 e. The fourth-order valence-corrected chi connectivity index (χ4v) is 0.606. The summed E-state index contributed by atoms with van der Waals surface area (Å²) in [7, 11) is 0. The average molecular weight is 306 g/mol. The van der Waals surface area contributed by atoms with Crippen molar-refractivity contribution in [2.75, 3.05) is 0 Å². The van der Waals surface area contributed by atoms with Gasteiger partial charge in [-0.25, -0.2) is 14.8 Å². The third-order valence-electron chi connectivity index (χ3n) is 1.43. The van der Waals surface area contributed by atoms with Crippen LogP contribution in [0.15, 0.2) is 46.8 Å². The molecule has 0 aliphatic carbocycles. The molecule has 0 aromatic carbocycles. The van der Waals surface area contributed by atoms with Gasteiger partial charge < -0.3 is 15.1 Å². The first-order chi connectivity index (χ1) is 9.73. The van der Waals surface area contributed by atoms with Crippen LogP contribution < -0.4 is 11.1 Å². The normalized spacial score (nSPS) is 9.48. The van der Waals surface area contributed by atoms with Gasteiger partial charge in [0.25, 0.3) is 11.1 Å². The number of H-pyrrole nitrogens is 2. The fourth-order valence-electron chi connectivity index (χ4n) is 0.606. The lowest BCUT2D eigenvalue weighted by molar-refractivity contribution is -0.192. The molecule has 11 heteroatoms. The second-order valence-electron chi connectivity index (χ2n) is 3.01. The Bertz CT molecular complexity index is 573. The number of carboxylic acids is 1. The first-order valence-corrected chi connectivity index (χ1v) is 5.01. The predicted molar refractivity (Wildman–Crippen MR) is 63.4 cm³/mol. The highest BCUT2D eigenvalue weighted by Gasteiger charge is 2.38. The van der Waals surface area contributed by atoms with E-state index in [0.29, 0.717) is 0 Å². The number of halogens is 3. The van der Waals surface area contributed by atoms with E-state index in [2.05, 4.69) is 19.9 Å². The zero-order valence-electron chi connectivity index (χ0n) is 10.2.